The van der Waals surface area contributed by atoms with Crippen LogP contribution in [0.4, 0.5) is 0 Å². The fourth-order valence-corrected chi connectivity index (χ4v) is 3.00. The molecule has 0 unspecified atom stereocenters. The average molecular weight is 497 g/mol. The van der Waals surface area contributed by atoms with E-state index in [4.69, 9.17) is 0 Å². The van der Waals surface area contributed by atoms with Crippen molar-refractivity contribution < 1.29 is 29.4 Å². The first-order valence-electron chi connectivity index (χ1n) is 12.3. The zero-order chi connectivity index (χ0) is 24.5. The van der Waals surface area contributed by atoms with E-state index in [0.717, 1.165) is 38.5 Å². The van der Waals surface area contributed by atoms with Crippen molar-refractivity contribution in [3.8, 4) is 0 Å². The Bertz CT molecular complexity index is 459. The van der Waals surface area contributed by atoms with E-state index >= 15 is 0 Å². The van der Waals surface area contributed by atoms with Gasteiger partial charge < -0.3 is 30.4 Å². The number of nitrogens with one attached hydrogen (secondary N) is 2. The fraction of sp³-hybridized carbons (Fsp3) is 0.833. The maximum Gasteiger partial charge on any atom is 2.00 e. The molecule has 33 heavy (non-hydrogen) atoms. The molecule has 0 radical (unpaired) electrons. The first-order chi connectivity index (χ1) is 15.3. The number of unbranched alkanes of at least 4 members (excludes halogenated alkanes) is 12. The van der Waals surface area contributed by atoms with Crippen molar-refractivity contribution in [2.75, 3.05) is 13.1 Å². The number of rotatable bonds is 20. The number of aliphatic carboxylic acids is 2. The number of amides is 2. The van der Waals surface area contributed by atoms with Gasteiger partial charge in [0.25, 0.3) is 0 Å². The standard InChI is InChI=1S/2C12H23NO3.Ca/c2*1-2-3-4-5-6-7-8-9-11(14)13-10-12(15)16;/h2*2-10H2,1H3,(H,13,14)(H,15,16);/q;;+2/p-2. The van der Waals surface area contributed by atoms with E-state index in [0.29, 0.717) is 12.8 Å². The Labute approximate surface area is 230 Å². The van der Waals surface area contributed by atoms with Gasteiger partial charge in [0.15, 0.2) is 0 Å². The molecule has 0 fully saturated rings. The van der Waals surface area contributed by atoms with Crippen LogP contribution < -0.4 is 20.8 Å². The van der Waals surface area contributed by atoms with E-state index in [-0.39, 0.29) is 62.6 Å². The molecule has 2 amide bonds. The van der Waals surface area contributed by atoms with Gasteiger partial charge in [-0.25, -0.2) is 0 Å². The second-order valence-electron chi connectivity index (χ2n) is 8.04. The summed E-state index contributed by atoms with van der Waals surface area (Å²) >= 11 is 0. The Morgan fingerprint density at radius 2 is 0.788 bits per heavy atom. The van der Waals surface area contributed by atoms with Crippen LogP contribution in [0.3, 0.4) is 0 Å². The number of carboxylic acids is 2. The molecule has 0 aromatic rings. The van der Waals surface area contributed by atoms with Gasteiger partial charge in [-0.2, -0.15) is 0 Å². The first kappa shape index (κ1) is 36.7. The number of carboxylic acid groups (broad SMARTS) is 2. The molecule has 0 heterocycles. The van der Waals surface area contributed by atoms with E-state index in [1.54, 1.807) is 0 Å². The molecule has 0 spiro atoms. The molecule has 188 valence electrons. The largest absolute Gasteiger partial charge is 2.00 e. The van der Waals surface area contributed by atoms with Crippen molar-refractivity contribution in [2.24, 2.45) is 0 Å². The summed E-state index contributed by atoms with van der Waals surface area (Å²) in [5, 5.41) is 24.7. The number of hydrogen-bond acceptors (Lipinski definition) is 6. The van der Waals surface area contributed by atoms with Crippen LogP contribution in [0.15, 0.2) is 0 Å². The van der Waals surface area contributed by atoms with Crippen LogP contribution >= 0.6 is 0 Å². The summed E-state index contributed by atoms with van der Waals surface area (Å²) in [5.41, 5.74) is 0. The van der Waals surface area contributed by atoms with Crippen molar-refractivity contribution in [1.82, 2.24) is 10.6 Å². The van der Waals surface area contributed by atoms with Gasteiger partial charge in [0, 0.05) is 12.8 Å². The van der Waals surface area contributed by atoms with Crippen LogP contribution in [0.2, 0.25) is 0 Å². The smallest absolute Gasteiger partial charge is 0.548 e. The minimum Gasteiger partial charge on any atom is -0.548 e. The molecule has 9 heteroatoms. The molecule has 0 aliphatic heterocycles. The Balaban J connectivity index is -0.000000529. The van der Waals surface area contributed by atoms with Gasteiger partial charge in [-0.15, -0.1) is 0 Å². The summed E-state index contributed by atoms with van der Waals surface area (Å²) in [6, 6.07) is 0. The third kappa shape index (κ3) is 35.9. The summed E-state index contributed by atoms with van der Waals surface area (Å²) in [4.78, 5) is 42.3. The minimum atomic E-state index is -1.24. The first-order valence-corrected chi connectivity index (χ1v) is 12.3. The molecule has 8 nitrogen and oxygen atoms in total. The molecule has 0 aliphatic rings. The van der Waals surface area contributed by atoms with Crippen LogP contribution in [0, 0.1) is 0 Å². The van der Waals surface area contributed by atoms with E-state index in [2.05, 4.69) is 24.5 Å². The molecule has 0 rings (SSSR count). The van der Waals surface area contributed by atoms with E-state index in [1.807, 2.05) is 0 Å². The number of hydrogen-bond donors (Lipinski definition) is 2. The van der Waals surface area contributed by atoms with Gasteiger partial charge in [-0.05, 0) is 12.8 Å². The van der Waals surface area contributed by atoms with E-state index in [9.17, 15) is 29.4 Å². The van der Waals surface area contributed by atoms with Crippen molar-refractivity contribution in [1.29, 1.82) is 0 Å². The normalized spacial score (nSPS) is 9.76. The Kier molecular flexibility index (Phi) is 32.4. The zero-order valence-corrected chi connectivity index (χ0v) is 23.1. The van der Waals surface area contributed by atoms with Gasteiger partial charge in [-0.3, -0.25) is 9.59 Å². The maximum atomic E-state index is 11.1. The minimum absolute atomic E-state index is 0. The van der Waals surface area contributed by atoms with Crippen molar-refractivity contribution >= 4 is 61.5 Å². The Hall–Kier alpha value is -0.860. The molecule has 0 aromatic carbocycles. The topological polar surface area (TPSA) is 138 Å². The van der Waals surface area contributed by atoms with Gasteiger partial charge >= 0.3 is 37.7 Å². The van der Waals surface area contributed by atoms with Crippen LogP contribution in [0.1, 0.15) is 117 Å². The maximum absolute atomic E-state index is 11.1. The zero-order valence-electron chi connectivity index (χ0n) is 20.9. The monoisotopic (exact) mass is 496 g/mol. The predicted octanol–water partition coefficient (Wildman–Crippen LogP) is 1.61. The van der Waals surface area contributed by atoms with Gasteiger partial charge in [0.05, 0.1) is 25.0 Å². The molecule has 0 saturated carbocycles. The third-order valence-electron chi connectivity index (χ3n) is 4.87. The molecule has 2 N–H and O–H groups in total. The third-order valence-corrected chi connectivity index (χ3v) is 4.87. The summed E-state index contributed by atoms with van der Waals surface area (Å²) in [5.74, 6) is -2.88. The summed E-state index contributed by atoms with van der Waals surface area (Å²) in [7, 11) is 0. The predicted molar refractivity (Wildman–Crippen MR) is 127 cm³/mol. The van der Waals surface area contributed by atoms with Crippen molar-refractivity contribution in [2.45, 2.75) is 117 Å². The van der Waals surface area contributed by atoms with Crippen LogP contribution in [-0.2, 0) is 19.2 Å². The van der Waals surface area contributed by atoms with Gasteiger partial charge in [0.1, 0.15) is 0 Å². The molecule has 0 atom stereocenters. The molecular formula is C24H44CaN2O6. The average Bonchev–Trinajstić information content (AvgIpc) is 2.75. The molecule has 0 bridgehead atoms. The van der Waals surface area contributed by atoms with E-state index < -0.39 is 11.9 Å². The van der Waals surface area contributed by atoms with Crippen LogP contribution in [0.5, 0.6) is 0 Å². The van der Waals surface area contributed by atoms with Crippen molar-refractivity contribution in [3.63, 3.8) is 0 Å². The molecular weight excluding hydrogens is 452 g/mol. The Morgan fingerprint density at radius 3 is 1.06 bits per heavy atom. The fourth-order valence-electron chi connectivity index (χ4n) is 3.00. The molecule has 0 aromatic heterocycles. The second kappa shape index (κ2) is 29.2. The van der Waals surface area contributed by atoms with Gasteiger partial charge in [0.2, 0.25) is 11.8 Å². The summed E-state index contributed by atoms with van der Waals surface area (Å²) < 4.78 is 0. The van der Waals surface area contributed by atoms with Crippen molar-refractivity contribution in [3.05, 3.63) is 0 Å². The second-order valence-corrected chi connectivity index (χ2v) is 8.04. The number of carbonyl (C=O) groups is 4. The Morgan fingerprint density at radius 1 is 0.515 bits per heavy atom. The van der Waals surface area contributed by atoms with Gasteiger partial charge in [-0.1, -0.05) is 90.9 Å². The van der Waals surface area contributed by atoms with Crippen LogP contribution in [0.25, 0.3) is 0 Å². The summed E-state index contributed by atoms with van der Waals surface area (Å²) in [6.45, 7) is 3.61. The SMILES string of the molecule is CCCCCCCCCC(=O)NCC(=O)[O-].CCCCCCCCCC(=O)NCC(=O)[O-].[Ca+2]. The summed E-state index contributed by atoms with van der Waals surface area (Å²) in [6.07, 6.45) is 17.0. The van der Waals surface area contributed by atoms with E-state index in [1.165, 1.54) is 51.4 Å². The van der Waals surface area contributed by atoms with Crippen LogP contribution in [-0.4, -0.2) is 74.6 Å². The molecule has 0 saturated heterocycles. The molecule has 0 aliphatic carbocycles. The quantitative estimate of drug-likeness (QED) is 0.194. The number of carbonyl (C=O) groups excluding carboxylic acids is 4.